The number of aryl methyl sites for hydroxylation is 2. The number of rotatable bonds is 10. The fourth-order valence-corrected chi connectivity index (χ4v) is 3.55. The van der Waals surface area contributed by atoms with Crippen LogP contribution in [0.3, 0.4) is 0 Å². The minimum absolute atomic E-state index is 0.179. The van der Waals surface area contributed by atoms with Crippen molar-refractivity contribution >= 4 is 22.9 Å². The quantitative estimate of drug-likeness (QED) is 0.455. The lowest BCUT2D eigenvalue weighted by Crippen LogP contribution is -2.25. The molecule has 31 heavy (non-hydrogen) atoms. The van der Waals surface area contributed by atoms with Crippen LogP contribution in [0, 0.1) is 13.8 Å². The maximum atomic E-state index is 12.3. The van der Waals surface area contributed by atoms with Gasteiger partial charge in [-0.3, -0.25) is 9.52 Å². The lowest BCUT2D eigenvalue weighted by atomic mass is 10.1. The summed E-state index contributed by atoms with van der Waals surface area (Å²) in [4.78, 5) is 12.3. The number of hydrogen-bond acceptors (Lipinski definition) is 4. The van der Waals surface area contributed by atoms with Gasteiger partial charge in [0.05, 0.1) is 6.61 Å². The zero-order valence-electron chi connectivity index (χ0n) is 17.6. The number of amides is 1. The monoisotopic (exact) mass is 438 g/mol. The molecule has 0 spiro atoms. The van der Waals surface area contributed by atoms with Gasteiger partial charge in [0.1, 0.15) is 11.5 Å². The highest BCUT2D eigenvalue weighted by Gasteiger charge is 2.08. The van der Waals surface area contributed by atoms with Crippen molar-refractivity contribution in [3.05, 3.63) is 89.5 Å². The van der Waals surface area contributed by atoms with Crippen LogP contribution in [0.15, 0.2) is 72.8 Å². The Morgan fingerprint density at radius 2 is 1.71 bits per heavy atom. The molecule has 0 saturated carbocycles. The van der Waals surface area contributed by atoms with Gasteiger partial charge in [-0.15, -0.1) is 0 Å². The van der Waals surface area contributed by atoms with Crippen LogP contribution in [-0.2, 0) is 11.3 Å². The van der Waals surface area contributed by atoms with Crippen molar-refractivity contribution in [1.29, 1.82) is 0 Å². The van der Waals surface area contributed by atoms with E-state index in [1.54, 1.807) is 36.4 Å². The van der Waals surface area contributed by atoms with E-state index < -0.39 is 11.3 Å². The zero-order chi connectivity index (χ0) is 22.1. The molecule has 162 valence electrons. The van der Waals surface area contributed by atoms with E-state index in [4.69, 9.17) is 8.92 Å². The van der Waals surface area contributed by atoms with Crippen LogP contribution >= 0.6 is 0 Å². The molecule has 3 aromatic carbocycles. The van der Waals surface area contributed by atoms with E-state index >= 15 is 0 Å². The van der Waals surface area contributed by atoms with Crippen LogP contribution in [0.2, 0.25) is 0 Å². The number of carbonyl (C=O) groups is 1. The van der Waals surface area contributed by atoms with Gasteiger partial charge in [0.2, 0.25) is 0 Å². The maximum Gasteiger partial charge on any atom is 0.316 e. The van der Waals surface area contributed by atoms with Crippen molar-refractivity contribution in [1.82, 2.24) is 5.32 Å². The van der Waals surface area contributed by atoms with E-state index in [-0.39, 0.29) is 5.91 Å². The Balaban J connectivity index is 1.39. The Bertz CT molecular complexity index is 1020. The largest absolute Gasteiger partial charge is 0.493 e. The molecule has 0 fully saturated rings. The molecule has 0 radical (unpaired) electrons. The fourth-order valence-electron chi connectivity index (χ4n) is 2.89. The van der Waals surface area contributed by atoms with Gasteiger partial charge in [0, 0.05) is 17.8 Å². The van der Waals surface area contributed by atoms with Gasteiger partial charge in [-0.2, -0.15) is 4.21 Å². The van der Waals surface area contributed by atoms with Gasteiger partial charge in [-0.25, -0.2) is 0 Å². The summed E-state index contributed by atoms with van der Waals surface area (Å²) < 4.78 is 25.9. The van der Waals surface area contributed by atoms with Crippen molar-refractivity contribution in [3.63, 3.8) is 0 Å². The molecule has 6 nitrogen and oxygen atoms in total. The minimum atomic E-state index is -1.73. The van der Waals surface area contributed by atoms with Gasteiger partial charge in [0.25, 0.3) is 5.91 Å². The van der Waals surface area contributed by atoms with Gasteiger partial charge >= 0.3 is 11.3 Å². The van der Waals surface area contributed by atoms with E-state index in [0.717, 1.165) is 11.3 Å². The highest BCUT2D eigenvalue weighted by molar-refractivity contribution is 7.81. The van der Waals surface area contributed by atoms with Crippen LogP contribution in [0.25, 0.3) is 0 Å². The predicted octanol–water partition coefficient (Wildman–Crippen LogP) is 4.57. The minimum Gasteiger partial charge on any atom is -0.493 e. The molecule has 1 unspecified atom stereocenters. The molecule has 0 aliphatic heterocycles. The molecule has 0 bridgehead atoms. The smallest absolute Gasteiger partial charge is 0.316 e. The second kappa shape index (κ2) is 11.2. The SMILES string of the molecule is Cc1ccc(OCCCNC(=O)c2ccc(OS(=O)Nc3ccccc3)cc2)c(C)c1. The molecule has 0 aromatic heterocycles. The lowest BCUT2D eigenvalue weighted by Gasteiger charge is -2.10. The number of anilines is 1. The van der Waals surface area contributed by atoms with E-state index in [2.05, 4.69) is 16.1 Å². The topological polar surface area (TPSA) is 76.7 Å². The molecular formula is C24H26N2O4S. The Kier molecular flexibility index (Phi) is 8.06. The summed E-state index contributed by atoms with van der Waals surface area (Å²) >= 11 is -1.73. The van der Waals surface area contributed by atoms with Crippen molar-refractivity contribution in [2.45, 2.75) is 20.3 Å². The summed E-state index contributed by atoms with van der Waals surface area (Å²) in [6.07, 6.45) is 0.699. The van der Waals surface area contributed by atoms with Crippen molar-refractivity contribution < 1.29 is 17.9 Å². The Morgan fingerprint density at radius 1 is 0.968 bits per heavy atom. The van der Waals surface area contributed by atoms with Crippen LogP contribution in [0.1, 0.15) is 27.9 Å². The molecule has 0 aliphatic rings. The molecule has 3 aromatic rings. The third-order valence-electron chi connectivity index (χ3n) is 4.46. The van der Waals surface area contributed by atoms with Gasteiger partial charge in [-0.05, 0) is 68.3 Å². The number of para-hydroxylation sites is 1. The normalized spacial score (nSPS) is 11.4. The molecule has 0 saturated heterocycles. The first kappa shape index (κ1) is 22.4. The second-order valence-electron chi connectivity index (χ2n) is 7.04. The summed E-state index contributed by atoms with van der Waals surface area (Å²) in [6, 6.07) is 21.7. The first-order valence-electron chi connectivity index (χ1n) is 10.0. The van der Waals surface area contributed by atoms with Crippen LogP contribution in [0.5, 0.6) is 11.5 Å². The van der Waals surface area contributed by atoms with Gasteiger partial charge in [0.15, 0.2) is 0 Å². The number of carbonyl (C=O) groups excluding carboxylic acids is 1. The molecule has 7 heteroatoms. The number of hydrogen-bond donors (Lipinski definition) is 2. The summed E-state index contributed by atoms with van der Waals surface area (Å²) in [7, 11) is 0. The van der Waals surface area contributed by atoms with E-state index in [1.165, 1.54) is 5.56 Å². The van der Waals surface area contributed by atoms with Crippen molar-refractivity contribution in [3.8, 4) is 11.5 Å². The zero-order valence-corrected chi connectivity index (χ0v) is 18.4. The van der Waals surface area contributed by atoms with Crippen molar-refractivity contribution in [2.24, 2.45) is 0 Å². The number of ether oxygens (including phenoxy) is 1. The van der Waals surface area contributed by atoms with Gasteiger partial charge in [-0.1, -0.05) is 35.9 Å². The van der Waals surface area contributed by atoms with Crippen LogP contribution in [0.4, 0.5) is 5.69 Å². The van der Waals surface area contributed by atoms with Crippen LogP contribution in [-0.4, -0.2) is 23.3 Å². The summed E-state index contributed by atoms with van der Waals surface area (Å²) in [6.45, 7) is 5.10. The highest BCUT2D eigenvalue weighted by Crippen LogP contribution is 2.19. The summed E-state index contributed by atoms with van der Waals surface area (Å²) in [5.74, 6) is 1.09. The number of nitrogens with one attached hydrogen (secondary N) is 2. The molecular weight excluding hydrogens is 412 g/mol. The third kappa shape index (κ3) is 7.15. The molecule has 1 atom stereocenters. The molecule has 0 aliphatic carbocycles. The Labute approximate surface area is 185 Å². The molecule has 3 rings (SSSR count). The fraction of sp³-hybridized carbons (Fsp3) is 0.208. The Hall–Kier alpha value is -3.32. The predicted molar refractivity (Wildman–Crippen MR) is 124 cm³/mol. The van der Waals surface area contributed by atoms with E-state index in [9.17, 15) is 9.00 Å². The maximum absolute atomic E-state index is 12.3. The molecule has 0 heterocycles. The van der Waals surface area contributed by atoms with Crippen molar-refractivity contribution in [2.75, 3.05) is 17.9 Å². The summed E-state index contributed by atoms with van der Waals surface area (Å²) in [5, 5.41) is 2.87. The van der Waals surface area contributed by atoms with Crippen LogP contribution < -0.4 is 19.0 Å². The summed E-state index contributed by atoms with van der Waals surface area (Å²) in [5.41, 5.74) is 3.50. The second-order valence-corrected chi connectivity index (χ2v) is 7.88. The standard InChI is InChI=1S/C24H26N2O4S/c1-18-9-14-23(19(2)17-18)29-16-6-15-25-24(27)20-10-12-22(13-11-20)30-31(28)26-21-7-4-3-5-8-21/h3-5,7-14,17,26H,6,15-16H2,1-2H3,(H,25,27). The Morgan fingerprint density at radius 3 is 2.42 bits per heavy atom. The molecule has 2 N–H and O–H groups in total. The van der Waals surface area contributed by atoms with E-state index in [1.807, 2.05) is 44.2 Å². The average molecular weight is 439 g/mol. The van der Waals surface area contributed by atoms with Gasteiger partial charge < -0.3 is 14.2 Å². The third-order valence-corrected chi connectivity index (χ3v) is 5.20. The first-order valence-corrected chi connectivity index (χ1v) is 11.1. The molecule has 1 amide bonds. The van der Waals surface area contributed by atoms with E-state index in [0.29, 0.717) is 36.6 Å². The average Bonchev–Trinajstić information content (AvgIpc) is 2.76. The lowest BCUT2D eigenvalue weighted by molar-refractivity contribution is 0.0951. The first-order chi connectivity index (χ1) is 15.0. The number of benzene rings is 3. The highest BCUT2D eigenvalue weighted by atomic mass is 32.2.